The molecule has 0 bridgehead atoms. The fraction of sp³-hybridized carbons (Fsp3) is 0.562. The van der Waals surface area contributed by atoms with Gasteiger partial charge in [-0.15, -0.1) is 0 Å². The van der Waals surface area contributed by atoms with Gasteiger partial charge in [-0.2, -0.15) is 0 Å². The molecule has 1 amide bonds. The number of amides is 1. The fourth-order valence-corrected chi connectivity index (χ4v) is 2.09. The first-order valence-corrected chi connectivity index (χ1v) is 7.99. The quantitative estimate of drug-likeness (QED) is 0.819. The van der Waals surface area contributed by atoms with E-state index in [4.69, 9.17) is 10.5 Å². The first-order chi connectivity index (χ1) is 9.66. The lowest BCUT2D eigenvalue weighted by Gasteiger charge is -2.27. The zero-order valence-corrected chi connectivity index (χ0v) is 15.0. The third-order valence-corrected chi connectivity index (χ3v) is 3.98. The lowest BCUT2D eigenvalue weighted by atomic mass is 10.0. The Labute approximate surface area is 135 Å². The summed E-state index contributed by atoms with van der Waals surface area (Å²) in [5.74, 6) is 0.508. The zero-order chi connectivity index (χ0) is 16.2. The average Bonchev–Trinajstić information content (AvgIpc) is 2.37. The molecule has 0 heterocycles. The summed E-state index contributed by atoms with van der Waals surface area (Å²) in [6, 6.07) is 5.50. The highest BCUT2D eigenvalue weighted by atomic mass is 79.9. The summed E-state index contributed by atoms with van der Waals surface area (Å²) >= 11 is 3.41. The number of carbonyl (C=O) groups is 1. The number of carbonyl (C=O) groups excluding carboxylic acids is 1. The van der Waals surface area contributed by atoms with Crippen LogP contribution in [0.2, 0.25) is 0 Å². The lowest BCUT2D eigenvalue weighted by Crippen LogP contribution is -2.48. The molecule has 5 heteroatoms. The molecule has 118 valence electrons. The Bertz CT molecular complexity index is 501. The molecule has 1 rings (SSSR count). The number of nitrogens with one attached hydrogen (secondary N) is 1. The van der Waals surface area contributed by atoms with Crippen LogP contribution in [-0.2, 0) is 4.79 Å². The maximum atomic E-state index is 12.2. The number of nitrogens with two attached hydrogens (primary N) is 1. The maximum absolute atomic E-state index is 12.2. The molecule has 0 radical (unpaired) electrons. The van der Waals surface area contributed by atoms with Crippen molar-refractivity contribution in [3.8, 4) is 5.75 Å². The monoisotopic (exact) mass is 356 g/mol. The number of ether oxygens (including phenoxy) is 1. The van der Waals surface area contributed by atoms with E-state index in [1.165, 1.54) is 0 Å². The van der Waals surface area contributed by atoms with E-state index in [-0.39, 0.29) is 17.5 Å². The largest absolute Gasteiger partial charge is 0.481 e. The number of hydrogen-bond donors (Lipinski definition) is 2. The van der Waals surface area contributed by atoms with E-state index in [1.807, 2.05) is 45.9 Å². The van der Waals surface area contributed by atoms with E-state index in [0.717, 1.165) is 16.5 Å². The number of rotatable bonds is 6. The van der Waals surface area contributed by atoms with Crippen molar-refractivity contribution in [2.75, 3.05) is 0 Å². The van der Waals surface area contributed by atoms with Crippen LogP contribution in [0.4, 0.5) is 0 Å². The van der Waals surface area contributed by atoms with Gasteiger partial charge >= 0.3 is 0 Å². The standard InChI is InChI=1S/C16H25BrN2O2/c1-6-16(4,5)19-15(20)11(3)21-14-9-12(17)7-8-13(14)10(2)18/h7-11H,6,18H2,1-5H3,(H,19,20)/t10-,11?/m1/s1. The zero-order valence-electron chi connectivity index (χ0n) is 13.4. The number of halogens is 1. The number of hydrogen-bond acceptors (Lipinski definition) is 3. The highest BCUT2D eigenvalue weighted by Gasteiger charge is 2.23. The van der Waals surface area contributed by atoms with Gasteiger partial charge in [-0.1, -0.05) is 28.9 Å². The van der Waals surface area contributed by atoms with Crippen molar-refractivity contribution in [2.45, 2.75) is 58.7 Å². The molecular weight excluding hydrogens is 332 g/mol. The van der Waals surface area contributed by atoms with Crippen molar-refractivity contribution in [3.05, 3.63) is 28.2 Å². The maximum Gasteiger partial charge on any atom is 0.261 e. The van der Waals surface area contributed by atoms with Gasteiger partial charge in [-0.05, 0) is 46.2 Å². The van der Waals surface area contributed by atoms with Crippen LogP contribution in [0.5, 0.6) is 5.75 Å². The molecule has 3 N–H and O–H groups in total. The Morgan fingerprint density at radius 2 is 2.05 bits per heavy atom. The summed E-state index contributed by atoms with van der Waals surface area (Å²) in [6.45, 7) is 9.65. The van der Waals surface area contributed by atoms with Crippen LogP contribution in [0, 0.1) is 0 Å². The first-order valence-electron chi connectivity index (χ1n) is 7.20. The van der Waals surface area contributed by atoms with Gasteiger partial charge in [-0.25, -0.2) is 0 Å². The Balaban J connectivity index is 2.85. The van der Waals surface area contributed by atoms with E-state index in [2.05, 4.69) is 21.2 Å². The molecule has 2 atom stereocenters. The van der Waals surface area contributed by atoms with Gasteiger partial charge in [0.15, 0.2) is 6.10 Å². The second-order valence-corrected chi connectivity index (χ2v) is 6.87. The summed E-state index contributed by atoms with van der Waals surface area (Å²) in [4.78, 5) is 12.2. The third kappa shape index (κ3) is 5.32. The van der Waals surface area contributed by atoms with Crippen LogP contribution in [0.25, 0.3) is 0 Å². The molecule has 1 aromatic rings. The Morgan fingerprint density at radius 3 is 2.57 bits per heavy atom. The lowest BCUT2D eigenvalue weighted by molar-refractivity contribution is -0.129. The minimum absolute atomic E-state index is 0.127. The van der Waals surface area contributed by atoms with Gasteiger partial charge in [-0.3, -0.25) is 4.79 Å². The molecule has 0 spiro atoms. The first kappa shape index (κ1) is 18.0. The predicted octanol–water partition coefficient (Wildman–Crippen LogP) is 3.54. The van der Waals surface area contributed by atoms with Crippen molar-refractivity contribution in [1.82, 2.24) is 5.32 Å². The minimum Gasteiger partial charge on any atom is -0.481 e. The second kappa shape index (κ2) is 7.27. The molecule has 0 saturated carbocycles. The number of benzene rings is 1. The molecule has 1 aromatic carbocycles. The summed E-state index contributed by atoms with van der Waals surface area (Å²) in [6.07, 6.45) is 0.274. The van der Waals surface area contributed by atoms with Crippen molar-refractivity contribution >= 4 is 21.8 Å². The van der Waals surface area contributed by atoms with Crippen molar-refractivity contribution < 1.29 is 9.53 Å². The van der Waals surface area contributed by atoms with Crippen LogP contribution in [0.1, 0.15) is 52.6 Å². The summed E-state index contributed by atoms with van der Waals surface area (Å²) in [7, 11) is 0. The van der Waals surface area contributed by atoms with Gasteiger partial charge in [0.1, 0.15) is 5.75 Å². The third-order valence-electron chi connectivity index (χ3n) is 3.48. The van der Waals surface area contributed by atoms with Gasteiger partial charge in [0, 0.05) is 21.6 Å². The average molecular weight is 357 g/mol. The summed E-state index contributed by atoms with van der Waals surface area (Å²) in [5.41, 5.74) is 6.59. The van der Waals surface area contributed by atoms with Crippen LogP contribution in [0.3, 0.4) is 0 Å². The fourth-order valence-electron chi connectivity index (χ4n) is 1.75. The molecule has 0 aromatic heterocycles. The van der Waals surface area contributed by atoms with Crippen LogP contribution >= 0.6 is 15.9 Å². The van der Waals surface area contributed by atoms with Crippen LogP contribution in [0.15, 0.2) is 22.7 Å². The normalized spacial score (nSPS) is 14.4. The SMILES string of the molecule is CCC(C)(C)NC(=O)C(C)Oc1cc(Br)ccc1[C@@H](C)N. The molecule has 0 aliphatic heterocycles. The molecule has 4 nitrogen and oxygen atoms in total. The van der Waals surface area contributed by atoms with E-state index in [9.17, 15) is 4.79 Å². The molecular formula is C16H25BrN2O2. The van der Waals surface area contributed by atoms with Crippen LogP contribution in [-0.4, -0.2) is 17.6 Å². The van der Waals surface area contributed by atoms with E-state index < -0.39 is 6.10 Å². The highest BCUT2D eigenvalue weighted by molar-refractivity contribution is 9.10. The molecule has 0 saturated heterocycles. The molecule has 0 aliphatic carbocycles. The van der Waals surface area contributed by atoms with Gasteiger partial charge < -0.3 is 15.8 Å². The van der Waals surface area contributed by atoms with Crippen molar-refractivity contribution in [1.29, 1.82) is 0 Å². The smallest absolute Gasteiger partial charge is 0.261 e. The van der Waals surface area contributed by atoms with E-state index in [0.29, 0.717) is 5.75 Å². The predicted molar refractivity (Wildman–Crippen MR) is 89.3 cm³/mol. The highest BCUT2D eigenvalue weighted by Crippen LogP contribution is 2.28. The second-order valence-electron chi connectivity index (χ2n) is 5.96. The van der Waals surface area contributed by atoms with Gasteiger partial charge in [0.05, 0.1) is 0 Å². The van der Waals surface area contributed by atoms with Crippen molar-refractivity contribution in [2.24, 2.45) is 5.73 Å². The molecule has 1 unspecified atom stereocenters. The summed E-state index contributed by atoms with van der Waals surface area (Å²) in [5, 5.41) is 2.98. The van der Waals surface area contributed by atoms with Gasteiger partial charge in [0.25, 0.3) is 5.91 Å². The van der Waals surface area contributed by atoms with Crippen LogP contribution < -0.4 is 15.8 Å². The Hall–Kier alpha value is -1.07. The molecule has 0 fully saturated rings. The van der Waals surface area contributed by atoms with E-state index in [1.54, 1.807) is 6.92 Å². The minimum atomic E-state index is -0.581. The van der Waals surface area contributed by atoms with E-state index >= 15 is 0 Å². The molecule has 0 aliphatic rings. The van der Waals surface area contributed by atoms with Gasteiger partial charge in [0.2, 0.25) is 0 Å². The molecule has 21 heavy (non-hydrogen) atoms. The summed E-state index contributed by atoms with van der Waals surface area (Å²) < 4.78 is 6.71. The Morgan fingerprint density at radius 1 is 1.43 bits per heavy atom. The van der Waals surface area contributed by atoms with Crippen molar-refractivity contribution in [3.63, 3.8) is 0 Å². The topological polar surface area (TPSA) is 64.3 Å². The Kier molecular flexibility index (Phi) is 6.23.